The highest BCUT2D eigenvalue weighted by Crippen LogP contribution is 1.98. The number of guanidine groups is 1. The maximum atomic E-state index is 5.82. The lowest BCUT2D eigenvalue weighted by Gasteiger charge is -2.05. The zero-order valence-corrected chi connectivity index (χ0v) is 11.5. The molecule has 5 heteroatoms. The van der Waals surface area contributed by atoms with Crippen LogP contribution in [0.15, 0.2) is 47.8 Å². The first-order valence-electron chi connectivity index (χ1n) is 6.89. The van der Waals surface area contributed by atoms with E-state index < -0.39 is 0 Å². The van der Waals surface area contributed by atoms with Gasteiger partial charge in [-0.1, -0.05) is 30.3 Å². The molecule has 0 saturated carbocycles. The average molecular weight is 271 g/mol. The normalized spacial score (nSPS) is 11.5. The standard InChI is InChI=1S/C15H21N5/c16-15(18-9-4-7-14-11-17-12-20-14)19-10-8-13-5-2-1-3-6-13/h1-3,5-6,11-12H,4,7-10H2,(H,17,20)(H3,16,18,19). The van der Waals surface area contributed by atoms with Crippen molar-refractivity contribution >= 4 is 5.96 Å². The van der Waals surface area contributed by atoms with Gasteiger partial charge in [0.25, 0.3) is 0 Å². The number of hydrogen-bond acceptors (Lipinski definition) is 2. The molecule has 1 aromatic heterocycles. The number of rotatable bonds is 7. The molecule has 0 radical (unpaired) electrons. The van der Waals surface area contributed by atoms with Gasteiger partial charge in [0.2, 0.25) is 0 Å². The van der Waals surface area contributed by atoms with Crippen LogP contribution in [0.3, 0.4) is 0 Å². The van der Waals surface area contributed by atoms with Gasteiger partial charge in [-0.3, -0.25) is 4.99 Å². The van der Waals surface area contributed by atoms with Gasteiger partial charge >= 0.3 is 0 Å². The van der Waals surface area contributed by atoms with E-state index in [1.165, 1.54) is 5.56 Å². The molecule has 1 heterocycles. The molecule has 0 saturated heterocycles. The van der Waals surface area contributed by atoms with Gasteiger partial charge in [-0.25, -0.2) is 4.98 Å². The van der Waals surface area contributed by atoms with Gasteiger partial charge in [-0.15, -0.1) is 0 Å². The summed E-state index contributed by atoms with van der Waals surface area (Å²) in [5.74, 6) is 0.519. The topological polar surface area (TPSA) is 79.1 Å². The molecule has 0 aliphatic heterocycles. The van der Waals surface area contributed by atoms with E-state index in [2.05, 4.69) is 32.4 Å². The summed E-state index contributed by atoms with van der Waals surface area (Å²) in [7, 11) is 0. The molecule has 2 rings (SSSR count). The fraction of sp³-hybridized carbons (Fsp3) is 0.333. The Morgan fingerprint density at radius 2 is 2.10 bits per heavy atom. The van der Waals surface area contributed by atoms with Gasteiger partial charge in [-0.05, 0) is 24.8 Å². The summed E-state index contributed by atoms with van der Waals surface area (Å²) >= 11 is 0. The summed E-state index contributed by atoms with van der Waals surface area (Å²) in [5.41, 5.74) is 8.25. The van der Waals surface area contributed by atoms with Gasteiger partial charge < -0.3 is 16.0 Å². The van der Waals surface area contributed by atoms with Crippen LogP contribution in [0.1, 0.15) is 17.7 Å². The number of nitrogens with two attached hydrogens (primary N) is 1. The minimum Gasteiger partial charge on any atom is -0.370 e. The summed E-state index contributed by atoms with van der Waals surface area (Å²) in [6.45, 7) is 1.53. The van der Waals surface area contributed by atoms with E-state index in [4.69, 9.17) is 5.73 Å². The molecule has 5 nitrogen and oxygen atoms in total. The van der Waals surface area contributed by atoms with Gasteiger partial charge in [-0.2, -0.15) is 0 Å². The summed E-state index contributed by atoms with van der Waals surface area (Å²) in [5, 5.41) is 3.13. The number of hydrogen-bond donors (Lipinski definition) is 3. The molecular weight excluding hydrogens is 250 g/mol. The molecule has 0 aliphatic carbocycles. The zero-order chi connectivity index (χ0) is 14.0. The number of benzene rings is 1. The van der Waals surface area contributed by atoms with Crippen LogP contribution >= 0.6 is 0 Å². The predicted octanol–water partition coefficient (Wildman–Crippen LogP) is 1.49. The van der Waals surface area contributed by atoms with Crippen molar-refractivity contribution in [1.29, 1.82) is 0 Å². The van der Waals surface area contributed by atoms with Crippen LogP contribution in [0.2, 0.25) is 0 Å². The van der Waals surface area contributed by atoms with Crippen molar-refractivity contribution in [3.05, 3.63) is 54.1 Å². The number of nitrogens with one attached hydrogen (secondary N) is 2. The molecule has 0 atom stereocenters. The molecule has 1 aromatic carbocycles. The third-order valence-electron chi connectivity index (χ3n) is 3.00. The SMILES string of the molecule is NC(=NCCCc1cnc[nH]1)NCCc1ccccc1. The summed E-state index contributed by atoms with van der Waals surface area (Å²) < 4.78 is 0. The fourth-order valence-electron chi connectivity index (χ4n) is 1.93. The Labute approximate surface area is 119 Å². The first kappa shape index (κ1) is 14.1. The zero-order valence-electron chi connectivity index (χ0n) is 11.5. The molecule has 4 N–H and O–H groups in total. The molecule has 20 heavy (non-hydrogen) atoms. The summed E-state index contributed by atoms with van der Waals surface area (Å²) in [6.07, 6.45) is 6.39. The van der Waals surface area contributed by atoms with E-state index in [1.807, 2.05) is 24.4 Å². The lowest BCUT2D eigenvalue weighted by atomic mass is 10.1. The quantitative estimate of drug-likeness (QED) is 0.405. The number of aryl methyl sites for hydroxylation is 1. The Morgan fingerprint density at radius 3 is 2.85 bits per heavy atom. The van der Waals surface area contributed by atoms with Gasteiger partial charge in [0, 0.05) is 25.0 Å². The smallest absolute Gasteiger partial charge is 0.188 e. The Hall–Kier alpha value is -2.30. The highest BCUT2D eigenvalue weighted by Gasteiger charge is 1.95. The third-order valence-corrected chi connectivity index (χ3v) is 3.00. The van der Waals surface area contributed by atoms with Gasteiger partial charge in [0.05, 0.1) is 6.33 Å². The van der Waals surface area contributed by atoms with Gasteiger partial charge in [0.15, 0.2) is 5.96 Å². The van der Waals surface area contributed by atoms with E-state index in [0.29, 0.717) is 5.96 Å². The second-order valence-corrected chi connectivity index (χ2v) is 4.61. The highest BCUT2D eigenvalue weighted by molar-refractivity contribution is 5.77. The predicted molar refractivity (Wildman–Crippen MR) is 81.5 cm³/mol. The van der Waals surface area contributed by atoms with Crippen molar-refractivity contribution in [2.45, 2.75) is 19.3 Å². The maximum absolute atomic E-state index is 5.82. The van der Waals surface area contributed by atoms with Crippen molar-refractivity contribution in [3.63, 3.8) is 0 Å². The Morgan fingerprint density at radius 1 is 1.25 bits per heavy atom. The van der Waals surface area contributed by atoms with Crippen LogP contribution in [0.4, 0.5) is 0 Å². The minimum atomic E-state index is 0.519. The van der Waals surface area contributed by atoms with Crippen LogP contribution in [0, 0.1) is 0 Å². The molecule has 106 valence electrons. The molecule has 2 aromatic rings. The lowest BCUT2D eigenvalue weighted by molar-refractivity contribution is 0.797. The van der Waals surface area contributed by atoms with Crippen LogP contribution in [0.25, 0.3) is 0 Å². The van der Waals surface area contributed by atoms with E-state index in [0.717, 1.165) is 38.0 Å². The Balaban J connectivity index is 1.59. The van der Waals surface area contributed by atoms with Crippen molar-refractivity contribution in [3.8, 4) is 0 Å². The highest BCUT2D eigenvalue weighted by atomic mass is 15.1. The number of imidazole rings is 1. The molecular formula is C15H21N5. The van der Waals surface area contributed by atoms with E-state index >= 15 is 0 Å². The third kappa shape index (κ3) is 5.14. The maximum Gasteiger partial charge on any atom is 0.188 e. The van der Waals surface area contributed by atoms with Crippen molar-refractivity contribution < 1.29 is 0 Å². The number of nitrogens with zero attached hydrogens (tertiary/aromatic N) is 2. The first-order chi connectivity index (χ1) is 9.84. The number of aromatic amines is 1. The number of H-pyrrole nitrogens is 1. The van der Waals surface area contributed by atoms with E-state index in [9.17, 15) is 0 Å². The molecule has 0 amide bonds. The van der Waals surface area contributed by atoms with E-state index in [-0.39, 0.29) is 0 Å². The number of aliphatic imine (C=N–C) groups is 1. The van der Waals surface area contributed by atoms with Crippen molar-refractivity contribution in [2.75, 3.05) is 13.1 Å². The monoisotopic (exact) mass is 271 g/mol. The molecule has 0 bridgehead atoms. The van der Waals surface area contributed by atoms with Crippen LogP contribution < -0.4 is 11.1 Å². The van der Waals surface area contributed by atoms with Crippen LogP contribution in [-0.4, -0.2) is 29.0 Å². The van der Waals surface area contributed by atoms with Crippen molar-refractivity contribution in [1.82, 2.24) is 15.3 Å². The van der Waals surface area contributed by atoms with Crippen LogP contribution in [-0.2, 0) is 12.8 Å². The van der Waals surface area contributed by atoms with Crippen molar-refractivity contribution in [2.24, 2.45) is 10.7 Å². The Kier molecular flexibility index (Phi) is 5.64. The summed E-state index contributed by atoms with van der Waals surface area (Å²) in [4.78, 5) is 11.4. The minimum absolute atomic E-state index is 0.519. The molecule has 0 spiro atoms. The van der Waals surface area contributed by atoms with Gasteiger partial charge in [0.1, 0.15) is 0 Å². The summed E-state index contributed by atoms with van der Waals surface area (Å²) in [6, 6.07) is 10.3. The van der Waals surface area contributed by atoms with E-state index in [1.54, 1.807) is 6.33 Å². The van der Waals surface area contributed by atoms with Crippen LogP contribution in [0.5, 0.6) is 0 Å². The fourth-order valence-corrected chi connectivity index (χ4v) is 1.93. The Bertz CT molecular complexity index is 504. The number of aromatic nitrogens is 2. The second kappa shape index (κ2) is 7.99. The second-order valence-electron chi connectivity index (χ2n) is 4.61. The largest absolute Gasteiger partial charge is 0.370 e. The molecule has 0 fully saturated rings. The molecule has 0 unspecified atom stereocenters. The molecule has 0 aliphatic rings. The average Bonchev–Trinajstić information content (AvgIpc) is 2.98. The lowest BCUT2D eigenvalue weighted by Crippen LogP contribution is -2.33. The first-order valence-corrected chi connectivity index (χ1v) is 6.89.